The molecule has 0 aliphatic carbocycles. The van der Waals surface area contributed by atoms with E-state index in [-0.39, 0.29) is 28.3 Å². The third-order valence-electron chi connectivity index (χ3n) is 6.03. The lowest BCUT2D eigenvalue weighted by atomic mass is 10.1. The summed E-state index contributed by atoms with van der Waals surface area (Å²) in [7, 11) is 0. The number of benzene rings is 1. The van der Waals surface area contributed by atoms with Gasteiger partial charge in [0.2, 0.25) is 11.8 Å². The Balaban J connectivity index is 1.64. The summed E-state index contributed by atoms with van der Waals surface area (Å²) in [5.41, 5.74) is 0.916. The number of imide groups is 1. The molecule has 3 amide bonds. The molecular formula is C23H21FN6O4S. The van der Waals surface area contributed by atoms with Crippen LogP contribution in [0.4, 0.5) is 10.2 Å². The second-order valence-electron chi connectivity index (χ2n) is 8.25. The summed E-state index contributed by atoms with van der Waals surface area (Å²) in [6.07, 6.45) is 1.34. The number of amides is 3. The van der Waals surface area contributed by atoms with E-state index in [2.05, 4.69) is 14.3 Å². The number of furan rings is 1. The first-order valence-electron chi connectivity index (χ1n) is 10.9. The quantitative estimate of drug-likeness (QED) is 0.425. The van der Waals surface area contributed by atoms with E-state index in [4.69, 9.17) is 4.42 Å². The Labute approximate surface area is 203 Å². The van der Waals surface area contributed by atoms with E-state index in [9.17, 15) is 18.8 Å². The van der Waals surface area contributed by atoms with E-state index in [1.165, 1.54) is 38.3 Å². The van der Waals surface area contributed by atoms with Gasteiger partial charge in [-0.2, -0.15) is 4.37 Å². The molecular weight excluding hydrogens is 475 g/mol. The van der Waals surface area contributed by atoms with Gasteiger partial charge in [-0.25, -0.2) is 19.3 Å². The van der Waals surface area contributed by atoms with Crippen molar-refractivity contribution in [2.75, 3.05) is 11.4 Å². The standard InChI is InChI=1S/C23H21FN6O4S/c1-11-18-20(30(13(3)31)14(4)32)26-21(22-25-12(2)27-35-22)29(18)9-8-28(11)23(33)16-5-6-17(24)15-7-10-34-19(15)16/h5-7,10-11H,8-9H2,1-4H3/t11-/m1/s1. The predicted octanol–water partition coefficient (Wildman–Crippen LogP) is 3.71. The number of rotatable bonds is 3. The molecule has 1 aromatic carbocycles. The van der Waals surface area contributed by atoms with Crippen molar-refractivity contribution in [2.24, 2.45) is 0 Å². The van der Waals surface area contributed by atoms with Crippen molar-refractivity contribution >= 4 is 46.0 Å². The molecule has 4 aromatic rings. The van der Waals surface area contributed by atoms with Gasteiger partial charge in [0.1, 0.15) is 17.2 Å². The van der Waals surface area contributed by atoms with Gasteiger partial charge in [-0.05, 0) is 43.6 Å². The zero-order valence-corrected chi connectivity index (χ0v) is 20.2. The average molecular weight is 497 g/mol. The minimum absolute atomic E-state index is 0.153. The van der Waals surface area contributed by atoms with Crippen LogP contribution in [0.1, 0.15) is 48.7 Å². The Hall–Kier alpha value is -3.93. The van der Waals surface area contributed by atoms with Gasteiger partial charge >= 0.3 is 0 Å². The highest BCUT2D eigenvalue weighted by molar-refractivity contribution is 7.09. The Kier molecular flexibility index (Phi) is 5.47. The molecule has 0 bridgehead atoms. The number of hydrogen-bond donors (Lipinski definition) is 0. The van der Waals surface area contributed by atoms with E-state index in [1.807, 2.05) is 4.57 Å². The normalized spacial score (nSPS) is 15.3. The lowest BCUT2D eigenvalue weighted by molar-refractivity contribution is -0.124. The third-order valence-corrected chi connectivity index (χ3v) is 6.83. The molecule has 1 aliphatic rings. The number of carbonyl (C=O) groups is 3. The number of hydrogen-bond acceptors (Lipinski definition) is 8. The highest BCUT2D eigenvalue weighted by atomic mass is 32.1. The maximum atomic E-state index is 14.2. The summed E-state index contributed by atoms with van der Waals surface area (Å²) in [6.45, 7) is 6.78. The van der Waals surface area contributed by atoms with Crippen LogP contribution in [-0.4, -0.2) is 48.1 Å². The van der Waals surface area contributed by atoms with E-state index >= 15 is 0 Å². The molecule has 1 atom stereocenters. The van der Waals surface area contributed by atoms with E-state index < -0.39 is 23.7 Å². The first kappa shape index (κ1) is 22.8. The fourth-order valence-corrected chi connectivity index (χ4v) is 5.17. The molecule has 0 spiro atoms. The van der Waals surface area contributed by atoms with Crippen molar-refractivity contribution in [3.8, 4) is 10.8 Å². The number of carbonyl (C=O) groups excluding carboxylic acids is 3. The molecule has 12 heteroatoms. The van der Waals surface area contributed by atoms with Crippen LogP contribution in [0.5, 0.6) is 0 Å². The summed E-state index contributed by atoms with van der Waals surface area (Å²) in [6, 6.07) is 3.54. The summed E-state index contributed by atoms with van der Waals surface area (Å²) in [4.78, 5) is 50.1. The van der Waals surface area contributed by atoms with Gasteiger partial charge in [-0.1, -0.05) is 0 Å². The molecule has 0 saturated carbocycles. The first-order valence-corrected chi connectivity index (χ1v) is 11.7. The van der Waals surface area contributed by atoms with Crippen LogP contribution < -0.4 is 4.90 Å². The summed E-state index contributed by atoms with van der Waals surface area (Å²) in [5.74, 6) is -0.621. The number of aryl methyl sites for hydroxylation is 1. The highest BCUT2D eigenvalue weighted by Gasteiger charge is 2.38. The Morgan fingerprint density at radius 3 is 2.54 bits per heavy atom. The molecule has 0 N–H and O–H groups in total. The number of halogens is 1. The molecule has 10 nitrogen and oxygen atoms in total. The van der Waals surface area contributed by atoms with Crippen molar-refractivity contribution in [3.63, 3.8) is 0 Å². The molecule has 4 heterocycles. The molecule has 3 aromatic heterocycles. The number of nitrogens with zero attached hydrogens (tertiary/aromatic N) is 6. The van der Waals surface area contributed by atoms with Crippen LogP contribution in [0.15, 0.2) is 28.9 Å². The SMILES string of the molecule is CC(=O)N(C(C)=O)c1nc(-c2nc(C)ns2)n2c1[C@@H](C)N(C(=O)c1ccc(F)c3ccoc13)CC2. The Bertz CT molecular complexity index is 1490. The number of fused-ring (bicyclic) bond motifs is 2. The Morgan fingerprint density at radius 1 is 1.14 bits per heavy atom. The van der Waals surface area contributed by atoms with Gasteiger partial charge in [0.25, 0.3) is 5.91 Å². The zero-order chi connectivity index (χ0) is 25.0. The van der Waals surface area contributed by atoms with Crippen LogP contribution in [0.25, 0.3) is 21.8 Å². The van der Waals surface area contributed by atoms with Gasteiger partial charge in [0.05, 0.1) is 28.9 Å². The average Bonchev–Trinajstić information content (AvgIpc) is 3.53. The molecule has 0 fully saturated rings. The molecule has 1 aliphatic heterocycles. The monoisotopic (exact) mass is 496 g/mol. The summed E-state index contributed by atoms with van der Waals surface area (Å²) >= 11 is 1.16. The molecule has 0 unspecified atom stereocenters. The van der Waals surface area contributed by atoms with Gasteiger partial charge in [0.15, 0.2) is 16.6 Å². The lowest BCUT2D eigenvalue weighted by Gasteiger charge is -2.36. The van der Waals surface area contributed by atoms with E-state index in [1.54, 1.807) is 18.7 Å². The first-order chi connectivity index (χ1) is 16.7. The van der Waals surface area contributed by atoms with Crippen molar-refractivity contribution in [1.82, 2.24) is 23.8 Å². The fourth-order valence-electron chi connectivity index (χ4n) is 4.50. The zero-order valence-electron chi connectivity index (χ0n) is 19.4. The van der Waals surface area contributed by atoms with Gasteiger partial charge in [0, 0.05) is 26.9 Å². The van der Waals surface area contributed by atoms with Gasteiger partial charge in [-0.3, -0.25) is 14.4 Å². The van der Waals surface area contributed by atoms with Crippen LogP contribution >= 0.6 is 11.5 Å². The number of anilines is 1. The molecule has 0 radical (unpaired) electrons. The maximum Gasteiger partial charge on any atom is 0.258 e. The van der Waals surface area contributed by atoms with Crippen LogP contribution in [-0.2, 0) is 16.1 Å². The third kappa shape index (κ3) is 3.60. The minimum Gasteiger partial charge on any atom is -0.463 e. The van der Waals surface area contributed by atoms with Gasteiger partial charge < -0.3 is 13.9 Å². The largest absolute Gasteiger partial charge is 0.463 e. The second-order valence-corrected chi connectivity index (χ2v) is 9.00. The molecule has 35 heavy (non-hydrogen) atoms. The smallest absolute Gasteiger partial charge is 0.258 e. The van der Waals surface area contributed by atoms with Crippen molar-refractivity contribution in [3.05, 3.63) is 47.4 Å². The minimum atomic E-state index is -0.571. The molecule has 5 rings (SSSR count). The van der Waals surface area contributed by atoms with E-state index in [0.29, 0.717) is 35.4 Å². The molecule has 180 valence electrons. The fraction of sp³-hybridized carbons (Fsp3) is 0.304. The number of imidazole rings is 1. The van der Waals surface area contributed by atoms with Crippen molar-refractivity contribution in [1.29, 1.82) is 0 Å². The predicted molar refractivity (Wildman–Crippen MR) is 125 cm³/mol. The van der Waals surface area contributed by atoms with Crippen molar-refractivity contribution < 1.29 is 23.2 Å². The van der Waals surface area contributed by atoms with Gasteiger partial charge in [-0.15, -0.1) is 0 Å². The second kappa shape index (κ2) is 8.38. The van der Waals surface area contributed by atoms with Crippen LogP contribution in [0.2, 0.25) is 0 Å². The van der Waals surface area contributed by atoms with Crippen LogP contribution in [0.3, 0.4) is 0 Å². The highest BCUT2D eigenvalue weighted by Crippen LogP contribution is 2.39. The Morgan fingerprint density at radius 2 is 1.89 bits per heavy atom. The number of aromatic nitrogens is 4. The van der Waals surface area contributed by atoms with E-state index in [0.717, 1.165) is 16.4 Å². The van der Waals surface area contributed by atoms with Crippen LogP contribution in [0, 0.1) is 12.7 Å². The topological polar surface area (TPSA) is 114 Å². The van der Waals surface area contributed by atoms with Crippen molar-refractivity contribution in [2.45, 2.75) is 40.3 Å². The maximum absolute atomic E-state index is 14.2. The molecule has 0 saturated heterocycles. The summed E-state index contributed by atoms with van der Waals surface area (Å²) < 4.78 is 25.7. The lowest BCUT2D eigenvalue weighted by Crippen LogP contribution is -2.42. The summed E-state index contributed by atoms with van der Waals surface area (Å²) in [5, 5.41) is 0.768.